The van der Waals surface area contributed by atoms with Crippen molar-refractivity contribution in [3.63, 3.8) is 0 Å². The van der Waals surface area contributed by atoms with Crippen molar-refractivity contribution < 1.29 is 9.47 Å². The van der Waals surface area contributed by atoms with Gasteiger partial charge in [0.2, 0.25) is 0 Å². The molecule has 0 bridgehead atoms. The second kappa shape index (κ2) is 7.59. The Kier molecular flexibility index (Phi) is 5.03. The van der Waals surface area contributed by atoms with E-state index in [1.165, 1.54) is 16.5 Å². The van der Waals surface area contributed by atoms with Gasteiger partial charge in [-0.05, 0) is 33.3 Å². The summed E-state index contributed by atoms with van der Waals surface area (Å²) in [4.78, 5) is 20.3. The standard InChI is InChI=1S/C22H29N5O2S/c1-5-26(6-2)20-18-17(23-13-24-20)16-14-11-22(3,4)29-12-15(14)19(25-21(16)30-18)27-7-9-28-10-8-27/h13H,5-12H2,1-4H3. The summed E-state index contributed by atoms with van der Waals surface area (Å²) in [5.41, 5.74) is 3.38. The second-order valence-corrected chi connectivity index (χ2v) is 9.55. The summed E-state index contributed by atoms with van der Waals surface area (Å²) in [6, 6.07) is 0. The van der Waals surface area contributed by atoms with Gasteiger partial charge in [0.05, 0.1) is 35.6 Å². The van der Waals surface area contributed by atoms with Crippen LogP contribution in [0.25, 0.3) is 20.4 Å². The normalized spacial score (nSPS) is 18.7. The van der Waals surface area contributed by atoms with Crippen LogP contribution in [0.4, 0.5) is 11.6 Å². The van der Waals surface area contributed by atoms with Crippen LogP contribution in [0.5, 0.6) is 0 Å². The minimum absolute atomic E-state index is 0.202. The highest BCUT2D eigenvalue weighted by molar-refractivity contribution is 7.26. The van der Waals surface area contributed by atoms with Crippen molar-refractivity contribution in [2.75, 3.05) is 49.2 Å². The van der Waals surface area contributed by atoms with E-state index in [2.05, 4.69) is 42.5 Å². The van der Waals surface area contributed by atoms with Crippen LogP contribution in [-0.4, -0.2) is 59.9 Å². The van der Waals surface area contributed by atoms with E-state index in [1.54, 1.807) is 17.7 Å². The number of thiophene rings is 1. The lowest BCUT2D eigenvalue weighted by Crippen LogP contribution is -2.39. The molecule has 30 heavy (non-hydrogen) atoms. The van der Waals surface area contributed by atoms with E-state index in [-0.39, 0.29) is 5.60 Å². The maximum absolute atomic E-state index is 6.22. The fraction of sp³-hybridized carbons (Fsp3) is 0.591. The Labute approximate surface area is 181 Å². The SMILES string of the molecule is CCN(CC)c1ncnc2c1sc1nc(N3CCOCC3)c3c(c12)CC(C)(C)OC3. The number of ether oxygens (including phenoxy) is 2. The molecule has 0 spiro atoms. The highest BCUT2D eigenvalue weighted by Crippen LogP contribution is 2.44. The third-order valence-electron chi connectivity index (χ3n) is 6.16. The molecule has 0 aromatic carbocycles. The van der Waals surface area contributed by atoms with Gasteiger partial charge in [0.15, 0.2) is 0 Å². The van der Waals surface area contributed by atoms with Crippen LogP contribution in [0.2, 0.25) is 0 Å². The summed E-state index contributed by atoms with van der Waals surface area (Å²) in [6.07, 6.45) is 2.56. The highest BCUT2D eigenvalue weighted by atomic mass is 32.1. The molecular weight excluding hydrogens is 398 g/mol. The van der Waals surface area contributed by atoms with Crippen LogP contribution in [0.3, 0.4) is 0 Å². The zero-order valence-electron chi connectivity index (χ0n) is 18.2. The first-order chi connectivity index (χ1) is 14.5. The van der Waals surface area contributed by atoms with Gasteiger partial charge in [-0.2, -0.15) is 0 Å². The van der Waals surface area contributed by atoms with E-state index in [0.29, 0.717) is 6.61 Å². The van der Waals surface area contributed by atoms with Crippen molar-refractivity contribution in [3.05, 3.63) is 17.5 Å². The molecule has 0 atom stereocenters. The van der Waals surface area contributed by atoms with E-state index in [0.717, 1.165) is 72.5 Å². The van der Waals surface area contributed by atoms with E-state index in [1.807, 2.05) is 0 Å². The smallest absolute Gasteiger partial charge is 0.150 e. The Hall–Kier alpha value is -2.03. The van der Waals surface area contributed by atoms with Crippen LogP contribution in [0.1, 0.15) is 38.8 Å². The Morgan fingerprint density at radius 1 is 1.13 bits per heavy atom. The topological polar surface area (TPSA) is 63.6 Å². The van der Waals surface area contributed by atoms with Gasteiger partial charge in [-0.15, -0.1) is 11.3 Å². The molecule has 5 heterocycles. The van der Waals surface area contributed by atoms with Crippen molar-refractivity contribution in [2.45, 2.75) is 46.3 Å². The predicted octanol–water partition coefficient (Wildman–Crippen LogP) is 3.77. The molecule has 3 aromatic rings. The zero-order chi connectivity index (χ0) is 20.9. The predicted molar refractivity (Wildman–Crippen MR) is 122 cm³/mol. The number of hydrogen-bond acceptors (Lipinski definition) is 8. The molecule has 7 nitrogen and oxygen atoms in total. The summed E-state index contributed by atoms with van der Waals surface area (Å²) in [5, 5.41) is 1.19. The van der Waals surface area contributed by atoms with Gasteiger partial charge in [-0.1, -0.05) is 0 Å². The Morgan fingerprint density at radius 2 is 1.90 bits per heavy atom. The molecule has 2 aliphatic rings. The molecule has 5 rings (SSSR count). The summed E-state index contributed by atoms with van der Waals surface area (Å²) in [5.74, 6) is 2.07. The molecule has 0 aliphatic carbocycles. The molecule has 2 aliphatic heterocycles. The second-order valence-electron chi connectivity index (χ2n) is 8.55. The van der Waals surface area contributed by atoms with Crippen LogP contribution in [0.15, 0.2) is 6.33 Å². The Balaban J connectivity index is 1.79. The Bertz CT molecular complexity index is 1090. The lowest BCUT2D eigenvalue weighted by atomic mass is 9.90. The van der Waals surface area contributed by atoms with Crippen molar-refractivity contribution in [3.8, 4) is 0 Å². The van der Waals surface area contributed by atoms with E-state index in [9.17, 15) is 0 Å². The summed E-state index contributed by atoms with van der Waals surface area (Å²) < 4.78 is 12.9. The van der Waals surface area contributed by atoms with Crippen molar-refractivity contribution in [2.24, 2.45) is 0 Å². The van der Waals surface area contributed by atoms with Crippen LogP contribution < -0.4 is 9.80 Å². The summed E-state index contributed by atoms with van der Waals surface area (Å²) in [6.45, 7) is 14.3. The average Bonchev–Trinajstić information content (AvgIpc) is 3.13. The van der Waals surface area contributed by atoms with Gasteiger partial charge in [0, 0.05) is 43.5 Å². The molecule has 0 amide bonds. The molecule has 1 saturated heterocycles. The number of pyridine rings is 1. The molecule has 8 heteroatoms. The molecule has 0 unspecified atom stereocenters. The third kappa shape index (κ3) is 3.21. The van der Waals surface area contributed by atoms with Gasteiger partial charge in [0.25, 0.3) is 0 Å². The fourth-order valence-corrected chi connectivity index (χ4v) is 5.73. The third-order valence-corrected chi connectivity index (χ3v) is 7.23. The molecule has 3 aromatic heterocycles. The van der Waals surface area contributed by atoms with Gasteiger partial charge >= 0.3 is 0 Å². The summed E-state index contributed by atoms with van der Waals surface area (Å²) >= 11 is 1.72. The van der Waals surface area contributed by atoms with E-state index >= 15 is 0 Å². The van der Waals surface area contributed by atoms with Crippen molar-refractivity contribution >= 4 is 43.4 Å². The number of aromatic nitrogens is 3. The molecule has 0 radical (unpaired) electrons. The van der Waals surface area contributed by atoms with Gasteiger partial charge < -0.3 is 19.3 Å². The maximum Gasteiger partial charge on any atom is 0.150 e. The quantitative estimate of drug-likeness (QED) is 0.628. The average molecular weight is 428 g/mol. The van der Waals surface area contributed by atoms with E-state index in [4.69, 9.17) is 19.4 Å². The van der Waals surface area contributed by atoms with Crippen molar-refractivity contribution in [1.82, 2.24) is 15.0 Å². The first-order valence-corrected chi connectivity index (χ1v) is 11.6. The van der Waals surface area contributed by atoms with Crippen LogP contribution in [-0.2, 0) is 22.5 Å². The maximum atomic E-state index is 6.22. The first-order valence-electron chi connectivity index (χ1n) is 10.8. The lowest BCUT2D eigenvalue weighted by molar-refractivity contribution is -0.0396. The largest absolute Gasteiger partial charge is 0.378 e. The van der Waals surface area contributed by atoms with Crippen molar-refractivity contribution in [1.29, 1.82) is 0 Å². The highest BCUT2D eigenvalue weighted by Gasteiger charge is 2.33. The minimum atomic E-state index is -0.202. The molecular formula is C22H29N5O2S. The number of rotatable bonds is 4. The van der Waals surface area contributed by atoms with Gasteiger partial charge in [-0.3, -0.25) is 0 Å². The zero-order valence-corrected chi connectivity index (χ0v) is 19.0. The number of hydrogen-bond donors (Lipinski definition) is 0. The van der Waals surface area contributed by atoms with E-state index < -0.39 is 0 Å². The Morgan fingerprint density at radius 3 is 2.63 bits per heavy atom. The monoisotopic (exact) mass is 427 g/mol. The molecule has 1 fully saturated rings. The first kappa shape index (κ1) is 19.9. The van der Waals surface area contributed by atoms with Gasteiger partial charge in [-0.25, -0.2) is 15.0 Å². The van der Waals surface area contributed by atoms with Crippen LogP contribution in [0, 0.1) is 0 Å². The van der Waals surface area contributed by atoms with Gasteiger partial charge in [0.1, 0.15) is 22.8 Å². The number of anilines is 2. The van der Waals surface area contributed by atoms with Crippen LogP contribution >= 0.6 is 11.3 Å². The molecule has 0 saturated carbocycles. The number of fused-ring (bicyclic) bond motifs is 5. The fourth-order valence-electron chi connectivity index (χ4n) is 4.56. The number of nitrogens with zero attached hydrogens (tertiary/aromatic N) is 5. The molecule has 160 valence electrons. The lowest BCUT2D eigenvalue weighted by Gasteiger charge is -2.36. The summed E-state index contributed by atoms with van der Waals surface area (Å²) in [7, 11) is 0. The number of morpholine rings is 1. The molecule has 0 N–H and O–H groups in total. The minimum Gasteiger partial charge on any atom is -0.378 e.